The standard InChI is InChI=1S/C36H65N3O9/c1-21-18-36(9,44-14)30(47-31-28(40)26(37(10)11)15-22(2)46-31)23(3)29(41)35(7,8)32(42)45-20-27(38(12)19-21)24-16-25(17-24)39(13)33(43)48-34(4,5)6/h21-28,30-31,40H,15-20H2,1-14H3/t21-,22-,23+,24?,25?,26+,27+,28-,30-,31+,36-/m1/s1. The minimum atomic E-state index is -1.47. The summed E-state index contributed by atoms with van der Waals surface area (Å²) in [5.41, 5.74) is -3.01. The smallest absolute Gasteiger partial charge is 0.410 e. The Kier molecular flexibility index (Phi) is 13.2. The number of rotatable bonds is 6. The van der Waals surface area contributed by atoms with E-state index in [2.05, 4.69) is 11.8 Å². The number of ether oxygens (including phenoxy) is 5. The van der Waals surface area contributed by atoms with E-state index in [1.807, 2.05) is 60.7 Å². The summed E-state index contributed by atoms with van der Waals surface area (Å²) in [4.78, 5) is 46.5. The van der Waals surface area contributed by atoms with Crippen LogP contribution in [0.25, 0.3) is 0 Å². The summed E-state index contributed by atoms with van der Waals surface area (Å²) in [6.07, 6.45) is -0.630. The van der Waals surface area contributed by atoms with Crippen LogP contribution in [0.15, 0.2) is 0 Å². The monoisotopic (exact) mass is 683 g/mol. The van der Waals surface area contributed by atoms with Crippen molar-refractivity contribution in [2.45, 2.75) is 142 Å². The summed E-state index contributed by atoms with van der Waals surface area (Å²) < 4.78 is 30.5. The molecule has 12 nitrogen and oxygen atoms in total. The third kappa shape index (κ3) is 9.28. The molecule has 0 radical (unpaired) electrons. The lowest BCUT2D eigenvalue weighted by atomic mass is 9.74. The lowest BCUT2D eigenvalue weighted by molar-refractivity contribution is -0.295. The second-order valence-electron chi connectivity index (χ2n) is 16.8. The fourth-order valence-corrected chi connectivity index (χ4v) is 7.80. The van der Waals surface area contributed by atoms with Gasteiger partial charge in [-0.2, -0.15) is 0 Å². The number of nitrogens with zero attached hydrogens (tertiary/aromatic N) is 3. The number of likely N-dealkylation sites (N-methyl/N-ethyl adjacent to an activating group) is 2. The zero-order valence-electron chi connectivity index (χ0n) is 32.1. The highest BCUT2D eigenvalue weighted by atomic mass is 16.7. The van der Waals surface area contributed by atoms with Gasteiger partial charge in [0, 0.05) is 44.7 Å². The Bertz CT molecular complexity index is 1120. The average molecular weight is 684 g/mol. The van der Waals surface area contributed by atoms with Crippen molar-refractivity contribution < 1.29 is 43.2 Å². The lowest BCUT2D eigenvalue weighted by Crippen LogP contribution is -2.59. The predicted molar refractivity (Wildman–Crippen MR) is 182 cm³/mol. The first-order valence-electron chi connectivity index (χ1n) is 17.6. The van der Waals surface area contributed by atoms with Gasteiger partial charge in [0.15, 0.2) is 12.1 Å². The van der Waals surface area contributed by atoms with Gasteiger partial charge >= 0.3 is 12.1 Å². The molecular formula is C36H65N3O9. The maximum Gasteiger partial charge on any atom is 0.410 e. The molecule has 2 aliphatic heterocycles. The molecule has 3 fully saturated rings. The van der Waals surface area contributed by atoms with Crippen molar-refractivity contribution in [3.8, 4) is 0 Å². The Labute approximate surface area is 289 Å². The third-order valence-electron chi connectivity index (χ3n) is 10.8. The molecule has 2 saturated heterocycles. The highest BCUT2D eigenvalue weighted by molar-refractivity contribution is 6.04. The van der Waals surface area contributed by atoms with E-state index in [1.54, 1.807) is 39.8 Å². The van der Waals surface area contributed by atoms with Crippen molar-refractivity contribution in [3.05, 3.63) is 0 Å². The molecule has 0 aromatic rings. The van der Waals surface area contributed by atoms with E-state index < -0.39 is 47.0 Å². The molecule has 1 saturated carbocycles. The molecule has 12 heteroatoms. The van der Waals surface area contributed by atoms with E-state index in [1.165, 1.54) is 0 Å². The molecule has 0 spiro atoms. The largest absolute Gasteiger partial charge is 0.463 e. The Balaban J connectivity index is 1.90. The Morgan fingerprint density at radius 1 is 1.04 bits per heavy atom. The molecule has 278 valence electrons. The summed E-state index contributed by atoms with van der Waals surface area (Å²) in [7, 11) is 9.24. The molecule has 0 unspecified atom stereocenters. The van der Waals surface area contributed by atoms with Gasteiger partial charge in [-0.3, -0.25) is 14.5 Å². The van der Waals surface area contributed by atoms with Crippen LogP contribution in [-0.4, -0.2) is 140 Å². The van der Waals surface area contributed by atoms with E-state index in [0.29, 0.717) is 19.4 Å². The molecule has 3 aliphatic rings. The van der Waals surface area contributed by atoms with Crippen LogP contribution in [0.4, 0.5) is 4.79 Å². The van der Waals surface area contributed by atoms with Crippen LogP contribution in [0.5, 0.6) is 0 Å². The summed E-state index contributed by atoms with van der Waals surface area (Å²) >= 11 is 0. The van der Waals surface area contributed by atoms with Gasteiger partial charge in [-0.15, -0.1) is 0 Å². The SMILES string of the molecule is CO[C@]1(C)C[C@@H](C)CN(C)[C@H](C2CC(N(C)C(=O)OC(C)(C)C)C2)COC(=O)C(C)(C)C(=O)[C@H](C)[C@H]1O[C@@H]1O[C@H](C)C[C@H](N(C)C)[C@H]1O. The van der Waals surface area contributed by atoms with Crippen LogP contribution in [0, 0.1) is 23.2 Å². The number of cyclic esters (lactones) is 1. The van der Waals surface area contributed by atoms with E-state index in [-0.39, 0.29) is 54.5 Å². The van der Waals surface area contributed by atoms with Crippen molar-refractivity contribution in [1.82, 2.24) is 14.7 Å². The van der Waals surface area contributed by atoms with Gasteiger partial charge in [-0.05, 0) is 107 Å². The average Bonchev–Trinajstić information content (AvgIpc) is 2.95. The Morgan fingerprint density at radius 2 is 1.65 bits per heavy atom. The maximum atomic E-state index is 14.3. The molecular weight excluding hydrogens is 618 g/mol. The molecule has 2 heterocycles. The van der Waals surface area contributed by atoms with Crippen LogP contribution in [0.3, 0.4) is 0 Å². The number of hydrogen-bond acceptors (Lipinski definition) is 11. The second kappa shape index (κ2) is 15.6. The molecule has 48 heavy (non-hydrogen) atoms. The first-order valence-corrected chi connectivity index (χ1v) is 17.6. The lowest BCUT2D eigenvalue weighted by Gasteiger charge is -2.48. The molecule has 1 N–H and O–H groups in total. The molecule has 3 rings (SSSR count). The van der Waals surface area contributed by atoms with Gasteiger partial charge in [-0.25, -0.2) is 4.79 Å². The summed E-state index contributed by atoms with van der Waals surface area (Å²) in [5, 5.41) is 11.3. The Hall–Kier alpha value is -1.83. The van der Waals surface area contributed by atoms with Gasteiger partial charge in [0.25, 0.3) is 0 Å². The van der Waals surface area contributed by atoms with Gasteiger partial charge in [0.1, 0.15) is 23.7 Å². The Morgan fingerprint density at radius 3 is 2.19 bits per heavy atom. The summed E-state index contributed by atoms with van der Waals surface area (Å²) in [6, 6.07) is -0.282. The van der Waals surface area contributed by atoms with E-state index in [9.17, 15) is 19.5 Å². The zero-order chi connectivity index (χ0) is 36.5. The maximum absolute atomic E-state index is 14.3. The first-order chi connectivity index (χ1) is 22.0. The number of Topliss-reactive ketones (excluding diaryl/α,β-unsaturated/α-hetero) is 1. The fraction of sp³-hybridized carbons (Fsp3) is 0.917. The van der Waals surface area contributed by atoms with Crippen LogP contribution in [-0.2, 0) is 33.3 Å². The third-order valence-corrected chi connectivity index (χ3v) is 10.8. The van der Waals surface area contributed by atoms with E-state index in [4.69, 9.17) is 23.7 Å². The van der Waals surface area contributed by atoms with Crippen LogP contribution in [0.2, 0.25) is 0 Å². The van der Waals surface area contributed by atoms with Gasteiger partial charge in [-0.1, -0.05) is 13.8 Å². The number of hydrogen-bond donors (Lipinski definition) is 1. The molecule has 1 aliphatic carbocycles. The normalized spacial score (nSPS) is 39.0. The molecule has 0 aromatic heterocycles. The van der Waals surface area contributed by atoms with Crippen molar-refractivity contribution in [2.75, 3.05) is 48.5 Å². The van der Waals surface area contributed by atoms with Crippen molar-refractivity contribution >= 4 is 17.8 Å². The number of amides is 1. The number of carbonyl (C=O) groups is 3. The van der Waals surface area contributed by atoms with Crippen LogP contribution >= 0.6 is 0 Å². The minimum Gasteiger partial charge on any atom is -0.463 e. The number of aliphatic hydroxyl groups is 1. The molecule has 1 amide bonds. The number of ketones is 1. The molecule has 0 aromatic carbocycles. The number of aliphatic hydroxyl groups excluding tert-OH is 1. The highest BCUT2D eigenvalue weighted by Gasteiger charge is 2.52. The number of esters is 1. The number of carbonyl (C=O) groups excluding carboxylic acids is 3. The van der Waals surface area contributed by atoms with E-state index >= 15 is 0 Å². The summed E-state index contributed by atoms with van der Waals surface area (Å²) in [5.74, 6) is -1.45. The quantitative estimate of drug-likeness (QED) is 0.323. The minimum absolute atomic E-state index is 0.0247. The topological polar surface area (TPSA) is 127 Å². The van der Waals surface area contributed by atoms with Gasteiger partial charge in [0.05, 0.1) is 17.8 Å². The second-order valence-corrected chi connectivity index (χ2v) is 16.8. The molecule has 0 bridgehead atoms. The zero-order valence-corrected chi connectivity index (χ0v) is 32.1. The van der Waals surface area contributed by atoms with E-state index in [0.717, 1.165) is 12.8 Å². The highest BCUT2D eigenvalue weighted by Crippen LogP contribution is 2.40. The van der Waals surface area contributed by atoms with Gasteiger partial charge in [0.2, 0.25) is 0 Å². The fourth-order valence-electron chi connectivity index (χ4n) is 7.80. The van der Waals surface area contributed by atoms with Crippen LogP contribution < -0.4 is 0 Å². The number of methoxy groups -OCH3 is 1. The van der Waals surface area contributed by atoms with Gasteiger partial charge < -0.3 is 38.6 Å². The predicted octanol–water partition coefficient (Wildman–Crippen LogP) is 3.96. The van der Waals surface area contributed by atoms with Crippen molar-refractivity contribution in [1.29, 1.82) is 0 Å². The first kappa shape index (κ1) is 40.6. The van der Waals surface area contributed by atoms with Crippen LogP contribution in [0.1, 0.15) is 88.0 Å². The summed E-state index contributed by atoms with van der Waals surface area (Å²) in [6.45, 7) is 17.3. The van der Waals surface area contributed by atoms with Crippen molar-refractivity contribution in [3.63, 3.8) is 0 Å². The molecule has 9 atom stereocenters. The van der Waals surface area contributed by atoms with Crippen molar-refractivity contribution in [2.24, 2.45) is 23.2 Å².